The van der Waals surface area contributed by atoms with Crippen molar-refractivity contribution in [2.75, 3.05) is 38.7 Å². The summed E-state index contributed by atoms with van der Waals surface area (Å²) in [4.78, 5) is 51.0. The number of benzene rings is 1. The molecule has 1 saturated heterocycles. The molecule has 208 valence electrons. The molecule has 3 aromatic rings. The lowest BCUT2D eigenvalue weighted by Gasteiger charge is -2.39. The molecular formula is C28H29N5O6S. The van der Waals surface area contributed by atoms with Gasteiger partial charge in [-0.3, -0.25) is 24.4 Å². The third-order valence-corrected chi connectivity index (χ3v) is 7.82. The average Bonchev–Trinajstić information content (AvgIpc) is 2.95. The molecule has 4 rings (SSSR count). The molecule has 2 amide bonds. The number of hydrogen-bond donors (Lipinski definition) is 1. The molecule has 3 heterocycles. The number of methoxy groups -OCH3 is 1. The number of carbonyl (C=O) groups excluding carboxylic acids is 3. The largest absolute Gasteiger partial charge is 0.494 e. The highest BCUT2D eigenvalue weighted by atomic mass is 32.2. The van der Waals surface area contributed by atoms with Gasteiger partial charge < -0.3 is 20.3 Å². The summed E-state index contributed by atoms with van der Waals surface area (Å²) < 4.78 is 29.0. The van der Waals surface area contributed by atoms with Crippen LogP contribution in [0.3, 0.4) is 0 Å². The Morgan fingerprint density at radius 2 is 1.77 bits per heavy atom. The molecule has 0 aliphatic carbocycles. The lowest BCUT2D eigenvalue weighted by atomic mass is 9.97. The van der Waals surface area contributed by atoms with Gasteiger partial charge in [-0.1, -0.05) is 24.8 Å². The number of Topliss-reactive ketones (excluding diaryl/α,β-unsaturated/α-hetero) is 1. The maximum atomic E-state index is 13.3. The van der Waals surface area contributed by atoms with Gasteiger partial charge in [-0.05, 0) is 31.2 Å². The second-order valence-corrected chi connectivity index (χ2v) is 11.4. The Morgan fingerprint density at radius 3 is 2.35 bits per heavy atom. The zero-order valence-corrected chi connectivity index (χ0v) is 23.1. The first-order valence-corrected chi connectivity index (χ1v) is 14.2. The molecule has 0 radical (unpaired) electrons. The van der Waals surface area contributed by atoms with Crippen LogP contribution in [0.2, 0.25) is 0 Å². The van der Waals surface area contributed by atoms with E-state index in [1.165, 1.54) is 36.5 Å². The number of ether oxygens (including phenoxy) is 1. The summed E-state index contributed by atoms with van der Waals surface area (Å²) >= 11 is 0. The molecule has 2 aromatic heterocycles. The van der Waals surface area contributed by atoms with Gasteiger partial charge in [0.2, 0.25) is 0 Å². The SMILES string of the molecule is C=C(C(=O)C(=O)N1CCN(C(=O)c2ccccn2)[C@H](C)C1)c1c(OC)cnc(-c2ccc(S(C)(=O)=O)cc2)c1N. The van der Waals surface area contributed by atoms with Crippen molar-refractivity contribution in [3.05, 3.63) is 72.7 Å². The molecule has 1 fully saturated rings. The van der Waals surface area contributed by atoms with Crippen molar-refractivity contribution in [3.8, 4) is 17.0 Å². The number of carbonyl (C=O) groups is 3. The first-order valence-electron chi connectivity index (χ1n) is 12.3. The van der Waals surface area contributed by atoms with Crippen LogP contribution in [0.5, 0.6) is 5.75 Å². The van der Waals surface area contributed by atoms with Gasteiger partial charge in [0.1, 0.15) is 11.4 Å². The van der Waals surface area contributed by atoms with Crippen LogP contribution in [-0.4, -0.2) is 84.8 Å². The van der Waals surface area contributed by atoms with Crippen LogP contribution in [0.4, 0.5) is 5.69 Å². The fraction of sp³-hybridized carbons (Fsp3) is 0.250. The van der Waals surface area contributed by atoms with Crippen molar-refractivity contribution < 1.29 is 27.5 Å². The van der Waals surface area contributed by atoms with Crippen LogP contribution >= 0.6 is 0 Å². The number of pyridine rings is 2. The molecule has 1 aliphatic heterocycles. The van der Waals surface area contributed by atoms with Crippen molar-refractivity contribution in [2.24, 2.45) is 0 Å². The number of nitrogen functional groups attached to an aromatic ring is 1. The number of hydrogen-bond acceptors (Lipinski definition) is 9. The highest BCUT2D eigenvalue weighted by Gasteiger charge is 2.35. The van der Waals surface area contributed by atoms with Crippen LogP contribution in [0, 0.1) is 0 Å². The normalized spacial score (nSPS) is 15.4. The third-order valence-electron chi connectivity index (χ3n) is 6.69. The number of piperazine rings is 1. The third kappa shape index (κ3) is 5.57. The minimum absolute atomic E-state index is 0.0525. The standard InChI is InChI=1S/C28H29N5O6S/c1-17-16-32(13-14-33(17)27(35)21-7-5-6-12-30-21)28(36)26(34)18(2)23-22(39-3)15-31-25(24(23)29)19-8-10-20(11-9-19)40(4,37)38/h5-12,15,17H,2,13-14,16,29H2,1,3-4H3/t17-/m1/s1. The quantitative estimate of drug-likeness (QED) is 0.336. The van der Waals surface area contributed by atoms with Crippen molar-refractivity contribution in [1.29, 1.82) is 0 Å². The molecule has 1 atom stereocenters. The van der Waals surface area contributed by atoms with Crippen LogP contribution in [0.15, 0.2) is 66.3 Å². The van der Waals surface area contributed by atoms with E-state index >= 15 is 0 Å². The summed E-state index contributed by atoms with van der Waals surface area (Å²) in [6, 6.07) is 10.7. The fourth-order valence-corrected chi connectivity index (χ4v) is 5.16. The molecular weight excluding hydrogens is 534 g/mol. The Bertz CT molecular complexity index is 1590. The second kappa shape index (κ2) is 11.3. The first-order chi connectivity index (χ1) is 18.9. The van der Waals surface area contributed by atoms with Crippen LogP contribution < -0.4 is 10.5 Å². The van der Waals surface area contributed by atoms with Crippen molar-refractivity contribution in [1.82, 2.24) is 19.8 Å². The van der Waals surface area contributed by atoms with E-state index in [0.717, 1.165) is 6.26 Å². The Balaban J connectivity index is 1.55. The molecule has 40 heavy (non-hydrogen) atoms. The van der Waals surface area contributed by atoms with E-state index in [-0.39, 0.29) is 64.7 Å². The molecule has 1 aliphatic rings. The Hall–Kier alpha value is -4.58. The first kappa shape index (κ1) is 28.4. The summed E-state index contributed by atoms with van der Waals surface area (Å²) in [5.74, 6) is -1.74. The number of nitrogens with zero attached hydrogens (tertiary/aromatic N) is 4. The van der Waals surface area contributed by atoms with Crippen LogP contribution in [0.25, 0.3) is 16.8 Å². The van der Waals surface area contributed by atoms with Gasteiger partial charge in [0.15, 0.2) is 9.84 Å². The molecule has 2 N–H and O–H groups in total. The highest BCUT2D eigenvalue weighted by Crippen LogP contribution is 2.37. The second-order valence-electron chi connectivity index (χ2n) is 9.38. The molecule has 0 unspecified atom stereocenters. The number of nitrogens with two attached hydrogens (primary N) is 1. The number of rotatable bonds is 7. The number of ketones is 1. The Labute approximate surface area is 232 Å². The molecule has 0 saturated carbocycles. The van der Waals surface area contributed by atoms with E-state index in [0.29, 0.717) is 11.3 Å². The Morgan fingerprint density at radius 1 is 1.07 bits per heavy atom. The van der Waals surface area contributed by atoms with Crippen molar-refractivity contribution >= 4 is 38.7 Å². The van der Waals surface area contributed by atoms with Gasteiger partial charge in [-0.25, -0.2) is 8.42 Å². The number of amides is 2. The van der Waals surface area contributed by atoms with Gasteiger partial charge in [-0.2, -0.15) is 0 Å². The summed E-state index contributed by atoms with van der Waals surface area (Å²) in [5.41, 5.74) is 7.49. The molecule has 0 spiro atoms. The van der Waals surface area contributed by atoms with Crippen molar-refractivity contribution in [2.45, 2.75) is 17.9 Å². The van der Waals surface area contributed by atoms with E-state index in [9.17, 15) is 22.8 Å². The van der Waals surface area contributed by atoms with E-state index in [2.05, 4.69) is 16.5 Å². The van der Waals surface area contributed by atoms with Crippen molar-refractivity contribution in [3.63, 3.8) is 0 Å². The number of aromatic nitrogens is 2. The molecule has 11 nitrogen and oxygen atoms in total. The van der Waals surface area contributed by atoms with E-state index in [1.807, 2.05) is 0 Å². The van der Waals surface area contributed by atoms with Crippen LogP contribution in [-0.2, 0) is 19.4 Å². The predicted molar refractivity (Wildman–Crippen MR) is 149 cm³/mol. The number of anilines is 1. The van der Waals surface area contributed by atoms with E-state index in [1.54, 1.807) is 42.2 Å². The number of sulfone groups is 1. The summed E-state index contributed by atoms with van der Waals surface area (Å²) in [6.45, 7) is 6.19. The fourth-order valence-electron chi connectivity index (χ4n) is 4.53. The van der Waals surface area contributed by atoms with E-state index < -0.39 is 21.5 Å². The zero-order chi connectivity index (χ0) is 29.2. The minimum atomic E-state index is -3.40. The van der Waals surface area contributed by atoms with Gasteiger partial charge in [0.25, 0.3) is 17.6 Å². The zero-order valence-electron chi connectivity index (χ0n) is 22.3. The summed E-state index contributed by atoms with van der Waals surface area (Å²) in [6.07, 6.45) is 4.00. The molecule has 1 aromatic carbocycles. The van der Waals surface area contributed by atoms with Gasteiger partial charge in [0, 0.05) is 49.3 Å². The van der Waals surface area contributed by atoms with Gasteiger partial charge in [-0.15, -0.1) is 0 Å². The minimum Gasteiger partial charge on any atom is -0.494 e. The maximum Gasteiger partial charge on any atom is 0.295 e. The average molecular weight is 564 g/mol. The smallest absolute Gasteiger partial charge is 0.295 e. The highest BCUT2D eigenvalue weighted by molar-refractivity contribution is 7.90. The van der Waals surface area contributed by atoms with Gasteiger partial charge in [0.05, 0.1) is 35.1 Å². The topological polar surface area (TPSA) is 153 Å². The summed E-state index contributed by atoms with van der Waals surface area (Å²) in [5, 5.41) is 0. The van der Waals surface area contributed by atoms with E-state index in [4.69, 9.17) is 10.5 Å². The maximum absolute atomic E-state index is 13.3. The molecule has 0 bridgehead atoms. The Kier molecular flexibility index (Phi) is 8.01. The summed E-state index contributed by atoms with van der Waals surface area (Å²) in [7, 11) is -2.02. The lowest BCUT2D eigenvalue weighted by molar-refractivity contribution is -0.143. The molecule has 12 heteroatoms. The van der Waals surface area contributed by atoms with Gasteiger partial charge >= 0.3 is 0 Å². The van der Waals surface area contributed by atoms with Crippen LogP contribution in [0.1, 0.15) is 23.0 Å². The monoisotopic (exact) mass is 563 g/mol. The lowest BCUT2D eigenvalue weighted by Crippen LogP contribution is -2.56. The predicted octanol–water partition coefficient (Wildman–Crippen LogP) is 2.09.